The molecule has 0 saturated carbocycles. The number of nitrogens with two attached hydrogens (primary N) is 3. The Morgan fingerprint density at radius 3 is 1.05 bits per heavy atom. The van der Waals surface area contributed by atoms with E-state index < -0.39 is 133 Å². The summed E-state index contributed by atoms with van der Waals surface area (Å²) in [5.74, 6) is 0.682. The Morgan fingerprint density at radius 2 is 0.723 bits per heavy atom. The summed E-state index contributed by atoms with van der Waals surface area (Å²) in [6.07, 6.45) is -2.25. The van der Waals surface area contributed by atoms with Gasteiger partial charge < -0.3 is 118 Å². The molecule has 6 aromatic heterocycles. The number of benzene rings is 3. The highest BCUT2D eigenvalue weighted by molar-refractivity contribution is 7.51. The molecule has 0 aliphatic carbocycles. The Labute approximate surface area is 638 Å². The van der Waals surface area contributed by atoms with Crippen LogP contribution in [0.25, 0.3) is 33.5 Å². The number of anilines is 3. The molecule has 112 heavy (non-hydrogen) atoms. The third kappa shape index (κ3) is 19.0. The molecule has 45 heteroatoms. The zero-order valence-electron chi connectivity index (χ0n) is 60.5. The summed E-state index contributed by atoms with van der Waals surface area (Å²) < 4.78 is 113. The molecule has 18 atom stereocenters. The Bertz CT molecular complexity index is 4640. The highest BCUT2D eigenvalue weighted by atomic mass is 31.2. The molecule has 6 aliphatic rings. The molecule has 0 spiro atoms. The Balaban J connectivity index is 0.000000147. The first-order valence-electron chi connectivity index (χ1n) is 35.8. The lowest BCUT2D eigenvalue weighted by atomic mass is 10.1. The van der Waals surface area contributed by atoms with Crippen LogP contribution < -0.4 is 63.8 Å². The molecule has 3 aromatic carbocycles. The molecule has 0 bridgehead atoms. The van der Waals surface area contributed by atoms with Gasteiger partial charge in [0.15, 0.2) is 88.5 Å². The van der Waals surface area contributed by atoms with Crippen molar-refractivity contribution in [2.24, 2.45) is 17.2 Å². The number of amides is 6. The van der Waals surface area contributed by atoms with Crippen LogP contribution in [0.2, 0.25) is 0 Å². The molecule has 12 N–H and O–H groups in total. The second-order valence-electron chi connectivity index (χ2n) is 25.8. The Kier molecular flexibility index (Phi) is 26.4. The van der Waals surface area contributed by atoms with Gasteiger partial charge in [0.2, 0.25) is 0 Å². The standard InChI is InChI=1S/C23H30N7O7P.2C22H28N7O7P/c1-2-25-23(31)29-20-17-21(27-12-26-20)30(13-28-17)22-19-18(15(35-22)11-34-38(32,33)9-8-24)36-16(37-19)10-14-6-4-3-5-7-14;2*1-2-24-22(30)28-18-15-19(26-11-25-18)29(12-27-15)20-17-16(14(34-20)10-33-37(31,32)9-8-23)35-21(36-17)13-6-4-3-5-7-13/h3-7,12-13,15-16,18-19,22H,2,8-11,24H2,1H3,(H,32,33)(H2,25,26,27,29,31);2*3-7,11-12,14,16-17,20-21H,2,8-10,23H2,1H3,(H,31,32)(H2,24,25,26,28,30)/p-3/t15-,16?,18?,19+,22-;14-,16?,17+,20-,21+;14-,16?,17+,20-,21-/m111/s1. The molecule has 600 valence electrons. The van der Waals surface area contributed by atoms with Gasteiger partial charge in [-0.2, -0.15) is 0 Å². The second kappa shape index (κ2) is 36.5. The third-order valence-electron chi connectivity index (χ3n) is 18.1. The van der Waals surface area contributed by atoms with Gasteiger partial charge in [-0.15, -0.1) is 0 Å². The van der Waals surface area contributed by atoms with Crippen molar-refractivity contribution >= 4 is 91.8 Å². The first-order valence-corrected chi connectivity index (χ1v) is 41.0. The van der Waals surface area contributed by atoms with E-state index in [4.69, 9.17) is 73.4 Å². The number of fused-ring (bicyclic) bond motifs is 6. The molecule has 6 aliphatic heterocycles. The number of carbonyl (C=O) groups is 3. The van der Waals surface area contributed by atoms with Crippen molar-refractivity contribution in [3.05, 3.63) is 146 Å². The fourth-order valence-electron chi connectivity index (χ4n) is 13.1. The summed E-state index contributed by atoms with van der Waals surface area (Å²) in [5.41, 5.74) is 21.0. The number of carbonyl (C=O) groups excluding carboxylic acids is 3. The van der Waals surface area contributed by atoms with E-state index in [2.05, 4.69) is 76.8 Å². The number of nitrogens with zero attached hydrogens (tertiary/aromatic N) is 12. The first kappa shape index (κ1) is 81.1. The SMILES string of the molecule is CCNC(=O)Nc1ncnc2c1ncn2[C@@H]1O[C@H](COP(=O)([O-])CCN)C2OC(Cc3ccccc3)O[C@@H]21.CCNC(=O)Nc1ncnc2c1ncn2[C@@H]1O[C@H](COP(=O)([O-])CCN)C2O[C@@H](c3ccccc3)O[C@@H]21.CCNC(=O)Nc1ncnc2c1ncn2[C@@H]1O[C@H](COP(=O)([O-])CCN)C2O[C@H](c3ccccc3)O[C@@H]21. The monoisotopic (exact) mass is 1610 g/mol. The largest absolute Gasteiger partial charge is 0.778 e. The number of ether oxygens (including phenoxy) is 9. The average Bonchev–Trinajstić information content (AvgIpc) is 1.60. The fraction of sp³-hybridized carbons (Fsp3) is 0.463. The molecule has 15 rings (SSSR count). The summed E-state index contributed by atoms with van der Waals surface area (Å²) >= 11 is 0. The number of hydrogen-bond acceptors (Lipinski definition) is 33. The van der Waals surface area contributed by atoms with Crippen LogP contribution in [0.15, 0.2) is 129 Å². The van der Waals surface area contributed by atoms with E-state index in [9.17, 15) is 42.8 Å². The summed E-state index contributed by atoms with van der Waals surface area (Å²) in [4.78, 5) is 111. The number of urea groups is 3. The minimum Gasteiger partial charge on any atom is -0.778 e. The van der Waals surface area contributed by atoms with Crippen molar-refractivity contribution in [3.8, 4) is 0 Å². The highest BCUT2D eigenvalue weighted by Gasteiger charge is 2.57. The van der Waals surface area contributed by atoms with Crippen LogP contribution in [-0.4, -0.2) is 215 Å². The maximum atomic E-state index is 12.2. The lowest BCUT2D eigenvalue weighted by Crippen LogP contribution is -2.32. The number of nitrogens with one attached hydrogen (secondary N) is 6. The van der Waals surface area contributed by atoms with E-state index >= 15 is 0 Å². The van der Waals surface area contributed by atoms with Crippen LogP contribution in [0, 0.1) is 0 Å². The van der Waals surface area contributed by atoms with Gasteiger partial charge >= 0.3 is 18.1 Å². The number of imidazole rings is 3. The lowest BCUT2D eigenvalue weighted by Gasteiger charge is -2.26. The minimum atomic E-state index is -4.14. The maximum absolute atomic E-state index is 12.2. The Hall–Kier alpha value is -8.91. The molecule has 9 aromatic rings. The van der Waals surface area contributed by atoms with E-state index in [1.807, 2.05) is 91.0 Å². The van der Waals surface area contributed by atoms with Gasteiger partial charge in [-0.3, -0.25) is 29.7 Å². The van der Waals surface area contributed by atoms with Crippen molar-refractivity contribution < 1.29 is 99.0 Å². The zero-order valence-corrected chi connectivity index (χ0v) is 63.2. The van der Waals surface area contributed by atoms with Crippen LogP contribution in [-0.2, 0) is 76.3 Å². The number of rotatable bonds is 28. The quantitative estimate of drug-likeness (QED) is 0.0318. The summed E-state index contributed by atoms with van der Waals surface area (Å²) in [6.45, 7) is 5.78. The molecule has 6 saturated heterocycles. The predicted molar refractivity (Wildman–Crippen MR) is 390 cm³/mol. The normalized spacial score (nSPS) is 26.5. The van der Waals surface area contributed by atoms with E-state index in [1.54, 1.807) is 34.5 Å². The van der Waals surface area contributed by atoms with Gasteiger partial charge in [-0.25, -0.2) is 59.2 Å². The van der Waals surface area contributed by atoms with Gasteiger partial charge in [0, 0.05) is 75.3 Å². The molecular weight excluding hydrogens is 1530 g/mol. The highest BCUT2D eigenvalue weighted by Crippen LogP contribution is 2.50. The molecule has 7 unspecified atom stereocenters. The van der Waals surface area contributed by atoms with Crippen LogP contribution in [0.5, 0.6) is 0 Å². The smallest absolute Gasteiger partial charge is 0.320 e. The third-order valence-corrected chi connectivity index (χ3v) is 22.2. The van der Waals surface area contributed by atoms with Gasteiger partial charge in [0.25, 0.3) is 0 Å². The van der Waals surface area contributed by atoms with E-state index in [0.29, 0.717) is 59.5 Å². The van der Waals surface area contributed by atoms with Crippen LogP contribution >= 0.6 is 22.8 Å². The van der Waals surface area contributed by atoms with Crippen molar-refractivity contribution in [2.75, 3.05) is 93.5 Å². The van der Waals surface area contributed by atoms with E-state index in [0.717, 1.165) is 16.7 Å². The number of aromatic nitrogens is 12. The van der Waals surface area contributed by atoms with Crippen molar-refractivity contribution in [1.29, 1.82) is 0 Å². The van der Waals surface area contributed by atoms with Crippen LogP contribution in [0.3, 0.4) is 0 Å². The maximum Gasteiger partial charge on any atom is 0.320 e. The first-order chi connectivity index (χ1) is 54.2. The summed E-state index contributed by atoms with van der Waals surface area (Å²) in [6, 6.07) is 27.2. The van der Waals surface area contributed by atoms with Crippen LogP contribution in [0.1, 0.15) is 68.7 Å². The zero-order chi connectivity index (χ0) is 78.7. The molecule has 12 heterocycles. The van der Waals surface area contributed by atoms with Crippen LogP contribution in [0.4, 0.5) is 31.8 Å². The van der Waals surface area contributed by atoms with Gasteiger partial charge in [-0.05, 0) is 26.3 Å². The van der Waals surface area contributed by atoms with E-state index in [-0.39, 0.29) is 75.4 Å². The van der Waals surface area contributed by atoms with Gasteiger partial charge in [0.05, 0.1) is 38.8 Å². The second-order valence-corrected chi connectivity index (χ2v) is 31.5. The molecular formula is C67H83N21O21P3-3. The van der Waals surface area contributed by atoms with Crippen molar-refractivity contribution in [2.45, 2.75) is 120 Å². The fourth-order valence-corrected chi connectivity index (χ4v) is 15.6. The summed E-state index contributed by atoms with van der Waals surface area (Å²) in [5, 5.41) is 15.9. The minimum absolute atomic E-state index is 0.0485. The Morgan fingerprint density at radius 1 is 0.420 bits per heavy atom. The summed E-state index contributed by atoms with van der Waals surface area (Å²) in [7, 11) is -12.4. The number of hydrogen-bond donors (Lipinski definition) is 9. The van der Waals surface area contributed by atoms with E-state index in [1.165, 1.54) is 38.0 Å². The molecule has 42 nitrogen and oxygen atoms in total. The topological polar surface area (TPSA) is 563 Å². The molecule has 0 radical (unpaired) electrons. The molecule has 6 fully saturated rings. The predicted octanol–water partition coefficient (Wildman–Crippen LogP) is 2.50. The van der Waals surface area contributed by atoms with Gasteiger partial charge in [0.1, 0.15) is 96.7 Å². The average molecular weight is 1610 g/mol. The van der Waals surface area contributed by atoms with Crippen molar-refractivity contribution in [1.82, 2.24) is 74.5 Å². The molecule has 6 amide bonds. The van der Waals surface area contributed by atoms with Crippen molar-refractivity contribution in [3.63, 3.8) is 0 Å². The van der Waals surface area contributed by atoms with Gasteiger partial charge in [-0.1, -0.05) is 91.0 Å². The lowest BCUT2D eigenvalue weighted by molar-refractivity contribution is -0.205.